The molecule has 2 N–H and O–H groups in total. The molecule has 0 aliphatic rings. The minimum Gasteiger partial charge on any atom is -0.481 e. The number of aryl methyl sites for hydroxylation is 1. The summed E-state index contributed by atoms with van der Waals surface area (Å²) in [6.07, 6.45) is 1.48. The van der Waals surface area contributed by atoms with Crippen molar-refractivity contribution in [1.82, 2.24) is 14.2 Å². The first-order valence-electron chi connectivity index (χ1n) is 6.26. The minimum atomic E-state index is -3.74. The van der Waals surface area contributed by atoms with Gasteiger partial charge in [-0.25, -0.2) is 12.7 Å². The smallest absolute Gasteiger partial charge is 0.303 e. The number of hydrogen-bond donors (Lipinski definition) is 2. The molecular weight excluding hydrogens is 298 g/mol. The molecule has 0 aromatic carbocycles. The van der Waals surface area contributed by atoms with Crippen LogP contribution in [0.15, 0.2) is 17.2 Å². The zero-order chi connectivity index (χ0) is 16.2. The zero-order valence-electron chi connectivity index (χ0n) is 12.2. The highest BCUT2D eigenvalue weighted by Gasteiger charge is 2.24. The van der Waals surface area contributed by atoms with Crippen LogP contribution in [-0.4, -0.2) is 54.9 Å². The SMILES string of the molecule is CNC(=O)c1cc(S(=O)(=O)N(C)CCCC(=O)O)cn1C. The van der Waals surface area contributed by atoms with Crippen molar-refractivity contribution in [1.29, 1.82) is 0 Å². The van der Waals surface area contributed by atoms with E-state index in [1.54, 1.807) is 7.05 Å². The van der Waals surface area contributed by atoms with Gasteiger partial charge in [0.15, 0.2) is 0 Å². The van der Waals surface area contributed by atoms with Crippen LogP contribution in [0.2, 0.25) is 0 Å². The molecule has 1 aromatic heterocycles. The highest BCUT2D eigenvalue weighted by molar-refractivity contribution is 7.89. The Morgan fingerprint density at radius 2 is 2.05 bits per heavy atom. The number of carboxylic acids is 1. The lowest BCUT2D eigenvalue weighted by Crippen LogP contribution is -2.28. The van der Waals surface area contributed by atoms with Crippen LogP contribution in [0.25, 0.3) is 0 Å². The van der Waals surface area contributed by atoms with Gasteiger partial charge in [-0.2, -0.15) is 0 Å². The van der Waals surface area contributed by atoms with E-state index in [2.05, 4.69) is 5.32 Å². The fraction of sp³-hybridized carbons (Fsp3) is 0.500. The van der Waals surface area contributed by atoms with Crippen LogP contribution in [0.3, 0.4) is 0 Å². The number of aromatic nitrogens is 1. The largest absolute Gasteiger partial charge is 0.481 e. The summed E-state index contributed by atoms with van der Waals surface area (Å²) in [5.74, 6) is -1.35. The van der Waals surface area contributed by atoms with E-state index >= 15 is 0 Å². The molecule has 0 saturated carbocycles. The fourth-order valence-electron chi connectivity index (χ4n) is 1.78. The molecule has 9 heteroatoms. The summed E-state index contributed by atoms with van der Waals surface area (Å²) in [7, 11) is 0.675. The van der Waals surface area contributed by atoms with Crippen molar-refractivity contribution in [3.63, 3.8) is 0 Å². The molecule has 0 unspecified atom stereocenters. The molecule has 0 spiro atoms. The van der Waals surface area contributed by atoms with Gasteiger partial charge < -0.3 is 15.0 Å². The Balaban J connectivity index is 2.92. The maximum atomic E-state index is 12.3. The van der Waals surface area contributed by atoms with E-state index in [9.17, 15) is 18.0 Å². The van der Waals surface area contributed by atoms with E-state index in [1.165, 1.54) is 30.9 Å². The Morgan fingerprint density at radius 3 is 2.57 bits per heavy atom. The van der Waals surface area contributed by atoms with Crippen LogP contribution in [0, 0.1) is 0 Å². The van der Waals surface area contributed by atoms with Gasteiger partial charge in [0.05, 0.1) is 0 Å². The molecule has 8 nitrogen and oxygen atoms in total. The second-order valence-electron chi connectivity index (χ2n) is 4.57. The summed E-state index contributed by atoms with van der Waals surface area (Å²) in [6, 6.07) is 1.29. The summed E-state index contributed by atoms with van der Waals surface area (Å²) >= 11 is 0. The van der Waals surface area contributed by atoms with E-state index in [1.807, 2.05) is 0 Å². The lowest BCUT2D eigenvalue weighted by Gasteiger charge is -2.15. The van der Waals surface area contributed by atoms with E-state index in [-0.39, 0.29) is 35.9 Å². The maximum Gasteiger partial charge on any atom is 0.303 e. The van der Waals surface area contributed by atoms with Crippen molar-refractivity contribution in [2.45, 2.75) is 17.7 Å². The molecule has 0 atom stereocenters. The molecule has 1 aromatic rings. The topological polar surface area (TPSA) is 109 Å². The third-order valence-electron chi connectivity index (χ3n) is 3.01. The standard InChI is InChI=1S/C12H19N3O5S/c1-13-12(18)10-7-9(8-14(10)2)21(19,20)15(3)6-4-5-11(16)17/h7-8H,4-6H2,1-3H3,(H,13,18)(H,16,17). The van der Waals surface area contributed by atoms with Crippen molar-refractivity contribution >= 4 is 21.9 Å². The van der Waals surface area contributed by atoms with Gasteiger partial charge in [0, 0.05) is 40.3 Å². The first-order valence-corrected chi connectivity index (χ1v) is 7.70. The van der Waals surface area contributed by atoms with Gasteiger partial charge in [-0.05, 0) is 12.5 Å². The first-order chi connectivity index (χ1) is 9.70. The average molecular weight is 317 g/mol. The van der Waals surface area contributed by atoms with Gasteiger partial charge in [0.1, 0.15) is 10.6 Å². The zero-order valence-corrected chi connectivity index (χ0v) is 13.0. The molecule has 1 rings (SSSR count). The van der Waals surface area contributed by atoms with Crippen LogP contribution in [-0.2, 0) is 21.9 Å². The second-order valence-corrected chi connectivity index (χ2v) is 6.62. The number of carbonyl (C=O) groups excluding carboxylic acids is 1. The molecule has 0 aliphatic carbocycles. The lowest BCUT2D eigenvalue weighted by atomic mass is 10.3. The van der Waals surface area contributed by atoms with Crippen LogP contribution >= 0.6 is 0 Å². The molecular formula is C12H19N3O5S. The predicted molar refractivity (Wildman–Crippen MR) is 75.5 cm³/mol. The van der Waals surface area contributed by atoms with Gasteiger partial charge in [-0.3, -0.25) is 9.59 Å². The lowest BCUT2D eigenvalue weighted by molar-refractivity contribution is -0.137. The van der Waals surface area contributed by atoms with Crippen molar-refractivity contribution in [3.8, 4) is 0 Å². The van der Waals surface area contributed by atoms with Crippen molar-refractivity contribution < 1.29 is 23.1 Å². The summed E-state index contributed by atoms with van der Waals surface area (Å²) in [4.78, 5) is 22.0. The van der Waals surface area contributed by atoms with Crippen LogP contribution in [0.5, 0.6) is 0 Å². The number of sulfonamides is 1. The Morgan fingerprint density at radius 1 is 1.43 bits per heavy atom. The minimum absolute atomic E-state index is 0.00132. The molecule has 21 heavy (non-hydrogen) atoms. The maximum absolute atomic E-state index is 12.3. The Bertz CT molecular complexity index is 635. The summed E-state index contributed by atoms with van der Waals surface area (Å²) < 4.78 is 27.1. The summed E-state index contributed by atoms with van der Waals surface area (Å²) in [6.45, 7) is 0.0961. The first kappa shape index (κ1) is 17.2. The normalized spacial score (nSPS) is 11.6. The summed E-state index contributed by atoms with van der Waals surface area (Å²) in [5, 5.41) is 11.0. The monoisotopic (exact) mass is 317 g/mol. The van der Waals surface area contributed by atoms with Crippen molar-refractivity contribution in [2.75, 3.05) is 20.6 Å². The summed E-state index contributed by atoms with van der Waals surface area (Å²) in [5.41, 5.74) is 0.231. The highest BCUT2D eigenvalue weighted by atomic mass is 32.2. The van der Waals surface area contributed by atoms with Crippen LogP contribution in [0.4, 0.5) is 0 Å². The number of amides is 1. The van der Waals surface area contributed by atoms with Crippen LogP contribution in [0.1, 0.15) is 23.3 Å². The number of nitrogens with zero attached hydrogens (tertiary/aromatic N) is 2. The van der Waals surface area contributed by atoms with E-state index in [4.69, 9.17) is 5.11 Å². The number of aliphatic carboxylic acids is 1. The fourth-order valence-corrected chi connectivity index (χ4v) is 3.06. The van der Waals surface area contributed by atoms with Gasteiger partial charge in [0.2, 0.25) is 10.0 Å². The Kier molecular flexibility index (Phi) is 5.50. The number of rotatable bonds is 7. The molecule has 0 aliphatic heterocycles. The molecule has 0 bridgehead atoms. The average Bonchev–Trinajstić information content (AvgIpc) is 2.80. The third-order valence-corrected chi connectivity index (χ3v) is 4.83. The molecule has 118 valence electrons. The predicted octanol–water partition coefficient (Wildman–Crippen LogP) is -0.130. The molecule has 0 fully saturated rings. The van der Waals surface area contributed by atoms with Crippen LogP contribution < -0.4 is 5.32 Å². The number of nitrogens with one attached hydrogen (secondary N) is 1. The second kappa shape index (κ2) is 6.72. The van der Waals surface area contributed by atoms with E-state index in [0.29, 0.717) is 0 Å². The molecule has 0 radical (unpaired) electrons. The van der Waals surface area contributed by atoms with E-state index < -0.39 is 16.0 Å². The number of carboxylic acid groups (broad SMARTS) is 1. The Labute approximate surface area is 123 Å². The molecule has 1 heterocycles. The molecule has 0 saturated heterocycles. The quantitative estimate of drug-likeness (QED) is 0.728. The van der Waals surface area contributed by atoms with Gasteiger partial charge >= 0.3 is 5.97 Å². The number of hydrogen-bond acceptors (Lipinski definition) is 4. The van der Waals surface area contributed by atoms with Gasteiger partial charge in [-0.1, -0.05) is 0 Å². The van der Waals surface area contributed by atoms with Gasteiger partial charge in [-0.15, -0.1) is 0 Å². The molecule has 1 amide bonds. The highest BCUT2D eigenvalue weighted by Crippen LogP contribution is 2.18. The number of carbonyl (C=O) groups is 2. The Hall–Kier alpha value is -1.87. The third kappa shape index (κ3) is 4.05. The van der Waals surface area contributed by atoms with Crippen molar-refractivity contribution in [3.05, 3.63) is 18.0 Å². The van der Waals surface area contributed by atoms with Crippen molar-refractivity contribution in [2.24, 2.45) is 7.05 Å². The van der Waals surface area contributed by atoms with E-state index in [0.717, 1.165) is 4.31 Å². The van der Waals surface area contributed by atoms with Gasteiger partial charge in [0.25, 0.3) is 5.91 Å².